The molecule has 1 unspecified atom stereocenters. The maximum absolute atomic E-state index is 12.8. The van der Waals surface area contributed by atoms with E-state index < -0.39 is 10.0 Å². The molecule has 0 radical (unpaired) electrons. The van der Waals surface area contributed by atoms with E-state index in [1.54, 1.807) is 37.0 Å². The molecule has 3 rings (SSSR count). The molecule has 6 nitrogen and oxygen atoms in total. The second kappa shape index (κ2) is 4.97. The summed E-state index contributed by atoms with van der Waals surface area (Å²) in [5, 5.41) is 4.22. The Labute approximate surface area is 129 Å². The van der Waals surface area contributed by atoms with E-state index in [1.807, 2.05) is 11.8 Å². The number of hydrogen-bond acceptors (Lipinski definition) is 5. The first-order valence-corrected chi connectivity index (χ1v) is 9.39. The third-order valence-electron chi connectivity index (χ3n) is 4.48. The topological polar surface area (TPSA) is 64.4 Å². The van der Waals surface area contributed by atoms with Crippen LogP contribution in [0.4, 0.5) is 0 Å². The lowest BCUT2D eigenvalue weighted by Gasteiger charge is -2.46. The van der Waals surface area contributed by atoms with Crippen LogP contribution in [0.25, 0.3) is 0 Å². The normalized spacial score (nSPS) is 25.4. The van der Waals surface area contributed by atoms with Gasteiger partial charge in [-0.2, -0.15) is 9.40 Å². The van der Waals surface area contributed by atoms with Gasteiger partial charge in [-0.3, -0.25) is 4.68 Å². The highest BCUT2D eigenvalue weighted by Crippen LogP contribution is 2.47. The van der Waals surface area contributed by atoms with Crippen molar-refractivity contribution in [2.75, 3.05) is 26.0 Å². The second-order valence-electron chi connectivity index (χ2n) is 5.95. The third kappa shape index (κ3) is 2.32. The van der Waals surface area contributed by atoms with Crippen LogP contribution in [-0.2, 0) is 21.8 Å². The van der Waals surface area contributed by atoms with Crippen LogP contribution in [0.15, 0.2) is 4.90 Å². The fourth-order valence-electron chi connectivity index (χ4n) is 3.20. The molecule has 8 heteroatoms. The SMILES string of the molecule is COC1CSC2(C1)CN(S(=O)(=O)c1c(C)nn(C)c1C)C2. The Morgan fingerprint density at radius 1 is 1.38 bits per heavy atom. The summed E-state index contributed by atoms with van der Waals surface area (Å²) < 4.78 is 34.2. The first kappa shape index (κ1) is 15.3. The largest absolute Gasteiger partial charge is 0.381 e. The molecule has 2 aliphatic rings. The molecule has 0 N–H and O–H groups in total. The summed E-state index contributed by atoms with van der Waals surface area (Å²) in [5.74, 6) is 0.954. The molecular weight excluding hydrogens is 310 g/mol. The number of aromatic nitrogens is 2. The number of aryl methyl sites for hydroxylation is 2. The molecule has 0 amide bonds. The predicted molar refractivity (Wildman–Crippen MR) is 82.0 cm³/mol. The second-order valence-corrected chi connectivity index (χ2v) is 9.32. The molecule has 0 saturated carbocycles. The molecule has 2 aliphatic heterocycles. The average molecular weight is 331 g/mol. The van der Waals surface area contributed by atoms with E-state index in [4.69, 9.17) is 4.74 Å². The van der Waals surface area contributed by atoms with Crippen LogP contribution in [-0.4, -0.2) is 59.3 Å². The summed E-state index contributed by atoms with van der Waals surface area (Å²) in [6.45, 7) is 4.70. The Kier molecular flexibility index (Phi) is 3.63. The van der Waals surface area contributed by atoms with Crippen LogP contribution < -0.4 is 0 Å². The molecule has 0 aliphatic carbocycles. The number of thioether (sulfide) groups is 1. The van der Waals surface area contributed by atoms with Gasteiger partial charge in [0.15, 0.2) is 0 Å². The van der Waals surface area contributed by atoms with Gasteiger partial charge >= 0.3 is 0 Å². The molecular formula is C13H21N3O3S2. The Morgan fingerprint density at radius 3 is 2.52 bits per heavy atom. The van der Waals surface area contributed by atoms with Crippen molar-refractivity contribution in [3.05, 3.63) is 11.4 Å². The average Bonchev–Trinajstić information content (AvgIpc) is 2.90. The zero-order chi connectivity index (χ0) is 15.4. The van der Waals surface area contributed by atoms with Crippen LogP contribution >= 0.6 is 11.8 Å². The van der Waals surface area contributed by atoms with Crippen molar-refractivity contribution in [2.45, 2.75) is 36.0 Å². The first-order chi connectivity index (χ1) is 9.79. The van der Waals surface area contributed by atoms with Crippen molar-refractivity contribution in [1.29, 1.82) is 0 Å². The number of sulfonamides is 1. The highest BCUT2D eigenvalue weighted by molar-refractivity contribution is 8.01. The molecule has 0 bridgehead atoms. The molecule has 118 valence electrons. The van der Waals surface area contributed by atoms with E-state index in [2.05, 4.69) is 5.10 Å². The minimum absolute atomic E-state index is 0.0533. The van der Waals surface area contributed by atoms with Gasteiger partial charge < -0.3 is 4.74 Å². The molecule has 21 heavy (non-hydrogen) atoms. The lowest BCUT2D eigenvalue weighted by atomic mass is 9.96. The lowest BCUT2D eigenvalue weighted by Crippen LogP contribution is -2.60. The Hall–Kier alpha value is -0.570. The zero-order valence-corrected chi connectivity index (χ0v) is 14.4. The quantitative estimate of drug-likeness (QED) is 0.824. The van der Waals surface area contributed by atoms with Gasteiger partial charge in [-0.1, -0.05) is 0 Å². The predicted octanol–water partition coefficient (Wildman–Crippen LogP) is 0.932. The van der Waals surface area contributed by atoms with Gasteiger partial charge in [0.2, 0.25) is 10.0 Å². The first-order valence-electron chi connectivity index (χ1n) is 6.96. The smallest absolute Gasteiger partial charge is 0.246 e. The minimum atomic E-state index is -3.43. The van der Waals surface area contributed by atoms with Gasteiger partial charge in [0, 0.05) is 37.7 Å². The zero-order valence-electron chi connectivity index (χ0n) is 12.8. The van der Waals surface area contributed by atoms with Crippen LogP contribution in [0.2, 0.25) is 0 Å². The van der Waals surface area contributed by atoms with E-state index in [0.717, 1.165) is 12.2 Å². The molecule has 3 heterocycles. The standard InChI is InChI=1S/C13H21N3O3S2/c1-9-12(10(2)15(3)14-9)21(17,18)16-7-13(8-16)5-11(19-4)6-20-13/h11H,5-8H2,1-4H3. The molecule has 1 spiro atoms. The van der Waals surface area contributed by atoms with Gasteiger partial charge in [0.1, 0.15) is 4.90 Å². The molecule has 1 atom stereocenters. The van der Waals surface area contributed by atoms with Gasteiger partial charge in [-0.15, -0.1) is 11.8 Å². The number of methoxy groups -OCH3 is 1. The fraction of sp³-hybridized carbons (Fsp3) is 0.769. The molecule has 2 saturated heterocycles. The van der Waals surface area contributed by atoms with Crippen molar-refractivity contribution in [3.63, 3.8) is 0 Å². The lowest BCUT2D eigenvalue weighted by molar-refractivity contribution is 0.0931. The van der Waals surface area contributed by atoms with E-state index in [0.29, 0.717) is 29.4 Å². The van der Waals surface area contributed by atoms with Crippen molar-refractivity contribution in [2.24, 2.45) is 7.05 Å². The van der Waals surface area contributed by atoms with E-state index in [-0.39, 0.29) is 10.9 Å². The van der Waals surface area contributed by atoms with E-state index in [9.17, 15) is 8.42 Å². The van der Waals surface area contributed by atoms with Gasteiger partial charge in [-0.05, 0) is 20.3 Å². The summed E-state index contributed by atoms with van der Waals surface area (Å²) >= 11 is 1.84. The number of nitrogens with zero attached hydrogens (tertiary/aromatic N) is 3. The van der Waals surface area contributed by atoms with Crippen LogP contribution in [0, 0.1) is 13.8 Å². The Balaban J connectivity index is 1.80. The van der Waals surface area contributed by atoms with Crippen molar-refractivity contribution in [1.82, 2.24) is 14.1 Å². The van der Waals surface area contributed by atoms with Crippen LogP contribution in [0.1, 0.15) is 17.8 Å². The molecule has 0 aromatic carbocycles. The van der Waals surface area contributed by atoms with E-state index >= 15 is 0 Å². The van der Waals surface area contributed by atoms with Crippen LogP contribution in [0.3, 0.4) is 0 Å². The van der Waals surface area contributed by atoms with E-state index in [1.165, 1.54) is 0 Å². The maximum Gasteiger partial charge on any atom is 0.246 e. The summed E-state index contributed by atoms with van der Waals surface area (Å²) in [5.41, 5.74) is 1.27. The van der Waals surface area contributed by atoms with Gasteiger partial charge in [0.25, 0.3) is 0 Å². The van der Waals surface area contributed by atoms with Crippen molar-refractivity contribution < 1.29 is 13.2 Å². The summed E-state index contributed by atoms with van der Waals surface area (Å²) in [6, 6.07) is 0. The molecule has 1 aromatic heterocycles. The van der Waals surface area contributed by atoms with Crippen molar-refractivity contribution >= 4 is 21.8 Å². The van der Waals surface area contributed by atoms with Gasteiger partial charge in [-0.25, -0.2) is 8.42 Å². The number of ether oxygens (including phenoxy) is 1. The highest BCUT2D eigenvalue weighted by atomic mass is 32.2. The number of hydrogen-bond donors (Lipinski definition) is 0. The fourth-order valence-corrected chi connectivity index (χ4v) is 6.96. The van der Waals surface area contributed by atoms with Gasteiger partial charge in [0.05, 0.1) is 17.5 Å². The number of rotatable bonds is 3. The minimum Gasteiger partial charge on any atom is -0.381 e. The molecule has 1 aromatic rings. The maximum atomic E-state index is 12.8. The Bertz CT molecular complexity index is 662. The highest BCUT2D eigenvalue weighted by Gasteiger charge is 2.53. The monoisotopic (exact) mass is 331 g/mol. The summed E-state index contributed by atoms with van der Waals surface area (Å²) in [6.07, 6.45) is 1.19. The van der Waals surface area contributed by atoms with Crippen LogP contribution in [0.5, 0.6) is 0 Å². The third-order valence-corrected chi connectivity index (χ3v) is 8.10. The summed E-state index contributed by atoms with van der Waals surface area (Å²) in [4.78, 5) is 0.367. The summed E-state index contributed by atoms with van der Waals surface area (Å²) in [7, 11) is 0.0602. The van der Waals surface area contributed by atoms with Crippen molar-refractivity contribution in [3.8, 4) is 0 Å². The molecule has 2 fully saturated rings. The Morgan fingerprint density at radius 2 is 2.05 bits per heavy atom.